The molecule has 0 radical (unpaired) electrons. The predicted octanol–water partition coefficient (Wildman–Crippen LogP) is 0.684. The van der Waals surface area contributed by atoms with Gasteiger partial charge in [0.2, 0.25) is 5.91 Å². The highest BCUT2D eigenvalue weighted by Gasteiger charge is 2.44. The smallest absolute Gasteiger partial charge is 0.219 e. The van der Waals surface area contributed by atoms with Gasteiger partial charge in [-0.15, -0.1) is 0 Å². The van der Waals surface area contributed by atoms with Crippen LogP contribution >= 0.6 is 0 Å². The van der Waals surface area contributed by atoms with E-state index in [9.17, 15) is 24.5 Å². The first-order valence-electron chi connectivity index (χ1n) is 10.1. The molecule has 0 aliphatic carbocycles. The van der Waals surface area contributed by atoms with Crippen LogP contribution < -0.4 is 4.74 Å². The first-order valence-corrected chi connectivity index (χ1v) is 10.1. The number of hydrogen-bond acceptors (Lipinski definition) is 6. The SMILES string of the molecule is CC(=O)N1CCC(O)(CN2CC[C@H](O)[C@@](O)(COc3ccc(F)c(C)c3)C2)CC1. The number of halogens is 1. The van der Waals surface area contributed by atoms with Crippen LogP contribution in [-0.4, -0.2) is 87.7 Å². The fraction of sp³-hybridized carbons (Fsp3) is 0.667. The van der Waals surface area contributed by atoms with E-state index in [2.05, 4.69) is 0 Å². The summed E-state index contributed by atoms with van der Waals surface area (Å²) in [4.78, 5) is 15.2. The molecule has 0 unspecified atom stereocenters. The molecule has 0 bridgehead atoms. The van der Waals surface area contributed by atoms with Gasteiger partial charge in [-0.2, -0.15) is 0 Å². The molecule has 8 heteroatoms. The monoisotopic (exact) mass is 410 g/mol. The van der Waals surface area contributed by atoms with Crippen molar-refractivity contribution in [1.82, 2.24) is 9.80 Å². The molecule has 1 amide bonds. The summed E-state index contributed by atoms with van der Waals surface area (Å²) in [5.41, 5.74) is -1.97. The summed E-state index contributed by atoms with van der Waals surface area (Å²) >= 11 is 0. The van der Waals surface area contributed by atoms with Crippen molar-refractivity contribution in [3.8, 4) is 5.75 Å². The average Bonchev–Trinajstić information content (AvgIpc) is 2.66. The van der Waals surface area contributed by atoms with E-state index in [4.69, 9.17) is 4.74 Å². The number of likely N-dealkylation sites (tertiary alicyclic amines) is 2. The topological polar surface area (TPSA) is 93.5 Å². The first kappa shape index (κ1) is 22.0. The Labute approximate surface area is 170 Å². The van der Waals surface area contributed by atoms with Gasteiger partial charge in [-0.1, -0.05) is 0 Å². The van der Waals surface area contributed by atoms with Gasteiger partial charge in [0.1, 0.15) is 23.8 Å². The summed E-state index contributed by atoms with van der Waals surface area (Å²) in [5, 5.41) is 32.3. The lowest BCUT2D eigenvalue weighted by Crippen LogP contribution is -2.62. The zero-order valence-corrected chi connectivity index (χ0v) is 17.1. The maximum atomic E-state index is 13.4. The fourth-order valence-electron chi connectivity index (χ4n) is 4.15. The Morgan fingerprint density at radius 1 is 1.28 bits per heavy atom. The molecule has 7 nitrogen and oxygen atoms in total. The number of aliphatic hydroxyl groups is 3. The van der Waals surface area contributed by atoms with Crippen LogP contribution in [0.1, 0.15) is 31.7 Å². The van der Waals surface area contributed by atoms with Crippen molar-refractivity contribution in [3.63, 3.8) is 0 Å². The molecule has 2 saturated heterocycles. The lowest BCUT2D eigenvalue weighted by Gasteiger charge is -2.46. The van der Waals surface area contributed by atoms with Crippen molar-refractivity contribution in [2.24, 2.45) is 0 Å². The van der Waals surface area contributed by atoms with Crippen LogP contribution in [0.5, 0.6) is 5.75 Å². The number of benzene rings is 1. The van der Waals surface area contributed by atoms with Crippen LogP contribution in [-0.2, 0) is 4.79 Å². The van der Waals surface area contributed by atoms with Crippen molar-refractivity contribution in [1.29, 1.82) is 0 Å². The second kappa shape index (κ2) is 8.55. The number of amides is 1. The Morgan fingerprint density at radius 2 is 1.97 bits per heavy atom. The molecule has 3 N–H and O–H groups in total. The number of rotatable bonds is 5. The summed E-state index contributed by atoms with van der Waals surface area (Å²) in [6, 6.07) is 4.35. The Balaban J connectivity index is 1.59. The molecule has 2 aliphatic rings. The Bertz CT molecular complexity index is 738. The van der Waals surface area contributed by atoms with Crippen molar-refractivity contribution < 1.29 is 29.2 Å². The van der Waals surface area contributed by atoms with Crippen LogP contribution in [0.4, 0.5) is 4.39 Å². The summed E-state index contributed by atoms with van der Waals surface area (Å²) < 4.78 is 19.1. The highest BCUT2D eigenvalue weighted by molar-refractivity contribution is 5.73. The van der Waals surface area contributed by atoms with E-state index in [0.29, 0.717) is 56.8 Å². The van der Waals surface area contributed by atoms with Crippen LogP contribution in [0.3, 0.4) is 0 Å². The van der Waals surface area contributed by atoms with Gasteiger partial charge >= 0.3 is 0 Å². The van der Waals surface area contributed by atoms with Crippen LogP contribution in [0.2, 0.25) is 0 Å². The molecular formula is C21H31FN2O5. The zero-order chi connectivity index (χ0) is 21.2. The van der Waals surface area contributed by atoms with Gasteiger partial charge in [0.05, 0.1) is 11.7 Å². The van der Waals surface area contributed by atoms with E-state index in [1.54, 1.807) is 17.9 Å². The van der Waals surface area contributed by atoms with Gasteiger partial charge in [0.15, 0.2) is 0 Å². The second-order valence-electron chi connectivity index (χ2n) is 8.55. The van der Waals surface area contributed by atoms with Gasteiger partial charge in [-0.3, -0.25) is 9.69 Å². The molecule has 2 fully saturated rings. The van der Waals surface area contributed by atoms with E-state index in [1.807, 2.05) is 4.90 Å². The second-order valence-corrected chi connectivity index (χ2v) is 8.55. The minimum Gasteiger partial charge on any atom is -0.490 e. The zero-order valence-electron chi connectivity index (χ0n) is 17.1. The Hall–Kier alpha value is -1.74. The van der Waals surface area contributed by atoms with E-state index >= 15 is 0 Å². The number of aryl methyl sites for hydroxylation is 1. The maximum absolute atomic E-state index is 13.4. The Morgan fingerprint density at radius 3 is 2.59 bits per heavy atom. The van der Waals surface area contributed by atoms with E-state index in [1.165, 1.54) is 19.1 Å². The minimum atomic E-state index is -1.49. The molecule has 1 aromatic carbocycles. The summed E-state index contributed by atoms with van der Waals surface area (Å²) in [6.07, 6.45) is 0.373. The average molecular weight is 410 g/mol. The lowest BCUT2D eigenvalue weighted by molar-refractivity contribution is -0.152. The fourth-order valence-corrected chi connectivity index (χ4v) is 4.15. The van der Waals surface area contributed by atoms with Gasteiger partial charge in [-0.25, -0.2) is 4.39 Å². The molecule has 29 heavy (non-hydrogen) atoms. The molecule has 0 aromatic heterocycles. The number of carbonyl (C=O) groups is 1. The quantitative estimate of drug-likeness (QED) is 0.661. The summed E-state index contributed by atoms with van der Waals surface area (Å²) in [6.45, 7) is 5.13. The first-order chi connectivity index (χ1) is 13.6. The molecular weight excluding hydrogens is 379 g/mol. The molecule has 2 aliphatic heterocycles. The summed E-state index contributed by atoms with van der Waals surface area (Å²) in [7, 11) is 0. The molecule has 3 rings (SSSR count). The number of aliphatic hydroxyl groups excluding tert-OH is 1. The van der Waals surface area contributed by atoms with E-state index in [-0.39, 0.29) is 24.9 Å². The standard InChI is InChI=1S/C21H31FN2O5/c1-15-11-17(3-4-18(15)22)29-14-21(28)13-23(8-5-19(21)26)12-20(27)6-9-24(10-7-20)16(2)25/h3-4,11,19,26-28H,5-10,12-14H2,1-2H3/t19-,21-/m0/s1. The number of carbonyl (C=O) groups excluding carboxylic acids is 1. The molecule has 2 heterocycles. The normalized spacial score (nSPS) is 27.7. The lowest BCUT2D eigenvalue weighted by atomic mass is 9.86. The van der Waals surface area contributed by atoms with Crippen molar-refractivity contribution in [3.05, 3.63) is 29.6 Å². The Kier molecular flexibility index (Phi) is 6.48. The number of ether oxygens (including phenoxy) is 1. The van der Waals surface area contributed by atoms with Gasteiger partial charge < -0.3 is 25.0 Å². The molecule has 0 spiro atoms. The number of piperidine rings is 2. The molecule has 2 atom stereocenters. The van der Waals surface area contributed by atoms with Crippen molar-refractivity contribution in [2.45, 2.75) is 50.4 Å². The third-order valence-electron chi connectivity index (χ3n) is 6.11. The number of β-amino-alcohol motifs (C(OH)–C–C–N with tert-alkyl or cyclic N) is 2. The van der Waals surface area contributed by atoms with Crippen LogP contribution in [0.15, 0.2) is 18.2 Å². The maximum Gasteiger partial charge on any atom is 0.219 e. The third kappa shape index (κ3) is 5.25. The van der Waals surface area contributed by atoms with Crippen LogP contribution in [0.25, 0.3) is 0 Å². The number of hydrogen-bond donors (Lipinski definition) is 3. The summed E-state index contributed by atoms with van der Waals surface area (Å²) in [5.74, 6) is 0.108. The van der Waals surface area contributed by atoms with Crippen molar-refractivity contribution in [2.75, 3.05) is 39.3 Å². The third-order valence-corrected chi connectivity index (χ3v) is 6.11. The largest absolute Gasteiger partial charge is 0.490 e. The van der Waals surface area contributed by atoms with E-state index in [0.717, 1.165) is 0 Å². The highest BCUT2D eigenvalue weighted by Crippen LogP contribution is 2.29. The van der Waals surface area contributed by atoms with Crippen molar-refractivity contribution >= 4 is 5.91 Å². The van der Waals surface area contributed by atoms with Gasteiger partial charge in [0.25, 0.3) is 0 Å². The molecule has 0 saturated carbocycles. The predicted molar refractivity (Wildman–Crippen MR) is 105 cm³/mol. The van der Waals surface area contributed by atoms with Gasteiger partial charge in [0, 0.05) is 39.6 Å². The highest BCUT2D eigenvalue weighted by atomic mass is 19.1. The van der Waals surface area contributed by atoms with Crippen LogP contribution in [0, 0.1) is 12.7 Å². The molecule has 1 aromatic rings. The van der Waals surface area contributed by atoms with E-state index < -0.39 is 17.3 Å². The number of nitrogens with zero attached hydrogens (tertiary/aromatic N) is 2. The minimum absolute atomic E-state index is 0.00991. The van der Waals surface area contributed by atoms with Gasteiger partial charge in [-0.05, 0) is 49.9 Å². The molecule has 162 valence electrons.